The lowest BCUT2D eigenvalue weighted by atomic mass is 10.2. The zero-order valence-corrected chi connectivity index (χ0v) is 10.6. The van der Waals surface area contributed by atoms with Crippen molar-refractivity contribution in [2.75, 3.05) is 13.1 Å². The number of likely N-dealkylation sites (tertiary alicyclic amines) is 1. The van der Waals surface area contributed by atoms with E-state index in [9.17, 15) is 4.79 Å². The van der Waals surface area contributed by atoms with Crippen LogP contribution in [0.15, 0.2) is 5.38 Å². The fourth-order valence-corrected chi connectivity index (χ4v) is 2.86. The van der Waals surface area contributed by atoms with Crippen LogP contribution < -0.4 is 11.3 Å². The van der Waals surface area contributed by atoms with Gasteiger partial charge in [0.1, 0.15) is 10.7 Å². The number of carbonyl (C=O) groups excluding carboxylic acids is 1. The van der Waals surface area contributed by atoms with Gasteiger partial charge in [0.05, 0.1) is 6.54 Å². The van der Waals surface area contributed by atoms with Gasteiger partial charge in [-0.2, -0.15) is 0 Å². The molecule has 0 spiro atoms. The predicted octanol–water partition coefficient (Wildman–Crippen LogP) is 1.12. The Morgan fingerprint density at radius 3 is 2.76 bits per heavy atom. The third-order valence-electron chi connectivity index (χ3n) is 2.97. The van der Waals surface area contributed by atoms with Crippen LogP contribution in [0.2, 0.25) is 0 Å². The molecule has 0 radical (unpaired) electrons. The fraction of sp³-hybridized carbons (Fsp3) is 0.636. The van der Waals surface area contributed by atoms with Crippen LogP contribution in [0, 0.1) is 0 Å². The van der Waals surface area contributed by atoms with Gasteiger partial charge in [-0.15, -0.1) is 11.3 Å². The maximum atomic E-state index is 11.3. The minimum Gasteiger partial charge on any atom is -0.297 e. The Bertz CT molecular complexity index is 371. The summed E-state index contributed by atoms with van der Waals surface area (Å²) in [5, 5.41) is 2.75. The molecule has 1 aliphatic heterocycles. The molecule has 1 saturated heterocycles. The van der Waals surface area contributed by atoms with Gasteiger partial charge in [0.2, 0.25) is 0 Å². The van der Waals surface area contributed by atoms with Crippen molar-refractivity contribution in [1.82, 2.24) is 15.3 Å². The van der Waals surface area contributed by atoms with E-state index >= 15 is 0 Å². The highest BCUT2D eigenvalue weighted by molar-refractivity contribution is 7.09. The SMILES string of the molecule is NNC(=O)c1csc(CN2CCCCCC2)n1. The topological polar surface area (TPSA) is 71.2 Å². The number of amides is 1. The van der Waals surface area contributed by atoms with Gasteiger partial charge in [-0.05, 0) is 25.9 Å². The summed E-state index contributed by atoms with van der Waals surface area (Å²) in [6.07, 6.45) is 5.19. The number of rotatable bonds is 3. The lowest BCUT2D eigenvalue weighted by Crippen LogP contribution is -2.30. The Labute approximate surface area is 105 Å². The first-order chi connectivity index (χ1) is 8.29. The zero-order chi connectivity index (χ0) is 12.1. The molecule has 6 heteroatoms. The summed E-state index contributed by atoms with van der Waals surface area (Å²) in [6, 6.07) is 0. The molecule has 2 rings (SSSR count). The number of carbonyl (C=O) groups is 1. The minimum atomic E-state index is -0.316. The molecule has 1 aromatic heterocycles. The maximum Gasteiger partial charge on any atom is 0.284 e. The molecule has 0 bridgehead atoms. The summed E-state index contributed by atoms with van der Waals surface area (Å²) >= 11 is 1.52. The van der Waals surface area contributed by atoms with Gasteiger partial charge >= 0.3 is 0 Å². The van der Waals surface area contributed by atoms with Crippen molar-refractivity contribution >= 4 is 17.2 Å². The van der Waals surface area contributed by atoms with E-state index in [4.69, 9.17) is 5.84 Å². The number of hydrazine groups is 1. The number of aromatic nitrogens is 1. The van der Waals surface area contributed by atoms with Crippen LogP contribution in [-0.4, -0.2) is 28.9 Å². The number of nitrogens with two attached hydrogens (primary N) is 1. The molecular weight excluding hydrogens is 236 g/mol. The largest absolute Gasteiger partial charge is 0.297 e. The van der Waals surface area contributed by atoms with Gasteiger partial charge < -0.3 is 0 Å². The van der Waals surface area contributed by atoms with Crippen molar-refractivity contribution in [2.24, 2.45) is 5.84 Å². The molecule has 3 N–H and O–H groups in total. The van der Waals surface area contributed by atoms with Gasteiger partial charge in [-0.1, -0.05) is 12.8 Å². The third kappa shape index (κ3) is 3.49. The lowest BCUT2D eigenvalue weighted by molar-refractivity contribution is 0.0949. The summed E-state index contributed by atoms with van der Waals surface area (Å²) in [4.78, 5) is 18.0. The molecule has 0 atom stereocenters. The second-order valence-electron chi connectivity index (χ2n) is 4.29. The molecule has 0 unspecified atom stereocenters. The molecular formula is C11H18N4OS. The van der Waals surface area contributed by atoms with Gasteiger partial charge in [0.15, 0.2) is 0 Å². The van der Waals surface area contributed by atoms with Crippen LogP contribution in [-0.2, 0) is 6.54 Å². The van der Waals surface area contributed by atoms with Crippen LogP contribution in [0.5, 0.6) is 0 Å². The summed E-state index contributed by atoms with van der Waals surface area (Å²) in [5.74, 6) is 4.76. The van der Waals surface area contributed by atoms with E-state index in [0.29, 0.717) is 5.69 Å². The predicted molar refractivity (Wildman–Crippen MR) is 67.5 cm³/mol. The van der Waals surface area contributed by atoms with Crippen molar-refractivity contribution in [3.63, 3.8) is 0 Å². The summed E-state index contributed by atoms with van der Waals surface area (Å²) < 4.78 is 0. The first kappa shape index (κ1) is 12.5. The Hall–Kier alpha value is -0.980. The monoisotopic (exact) mass is 254 g/mol. The molecule has 0 saturated carbocycles. The Kier molecular flexibility index (Phi) is 4.47. The molecule has 0 aromatic carbocycles. The first-order valence-corrected chi connectivity index (χ1v) is 6.85. The molecule has 1 aliphatic rings. The quantitative estimate of drug-likeness (QED) is 0.482. The summed E-state index contributed by atoms with van der Waals surface area (Å²) in [5.41, 5.74) is 2.52. The van der Waals surface area contributed by atoms with Crippen LogP contribution in [0.3, 0.4) is 0 Å². The van der Waals surface area contributed by atoms with E-state index in [-0.39, 0.29) is 5.91 Å². The highest BCUT2D eigenvalue weighted by Gasteiger charge is 2.13. The fourth-order valence-electron chi connectivity index (χ4n) is 2.05. The van der Waals surface area contributed by atoms with E-state index in [1.807, 2.05) is 0 Å². The van der Waals surface area contributed by atoms with E-state index in [1.165, 1.54) is 37.0 Å². The number of nitrogens with one attached hydrogen (secondary N) is 1. The number of hydrogen-bond acceptors (Lipinski definition) is 5. The summed E-state index contributed by atoms with van der Waals surface area (Å²) in [7, 11) is 0. The molecule has 5 nitrogen and oxygen atoms in total. The highest BCUT2D eigenvalue weighted by atomic mass is 32.1. The molecule has 2 heterocycles. The Morgan fingerprint density at radius 2 is 2.12 bits per heavy atom. The number of nitrogen functional groups attached to an aromatic ring is 1. The average Bonchev–Trinajstić information content (AvgIpc) is 2.65. The molecule has 0 aliphatic carbocycles. The molecule has 1 amide bonds. The van der Waals surface area contributed by atoms with E-state index < -0.39 is 0 Å². The second kappa shape index (κ2) is 6.09. The van der Waals surface area contributed by atoms with Crippen LogP contribution >= 0.6 is 11.3 Å². The molecule has 1 aromatic rings. The van der Waals surface area contributed by atoms with Crippen molar-refractivity contribution < 1.29 is 4.79 Å². The first-order valence-electron chi connectivity index (χ1n) is 5.97. The van der Waals surface area contributed by atoms with E-state index in [1.54, 1.807) is 5.38 Å². The second-order valence-corrected chi connectivity index (χ2v) is 5.23. The van der Waals surface area contributed by atoms with E-state index in [2.05, 4.69) is 15.3 Å². The number of thiazole rings is 1. The van der Waals surface area contributed by atoms with Crippen LogP contribution in [0.1, 0.15) is 41.2 Å². The maximum absolute atomic E-state index is 11.3. The third-order valence-corrected chi connectivity index (χ3v) is 3.81. The summed E-state index contributed by atoms with van der Waals surface area (Å²) in [6.45, 7) is 3.12. The van der Waals surface area contributed by atoms with Crippen molar-refractivity contribution in [1.29, 1.82) is 0 Å². The van der Waals surface area contributed by atoms with E-state index in [0.717, 1.165) is 24.6 Å². The van der Waals surface area contributed by atoms with Crippen LogP contribution in [0.25, 0.3) is 0 Å². The van der Waals surface area contributed by atoms with Gasteiger partial charge in [0, 0.05) is 5.38 Å². The molecule has 17 heavy (non-hydrogen) atoms. The Morgan fingerprint density at radius 1 is 1.41 bits per heavy atom. The number of nitrogens with zero attached hydrogens (tertiary/aromatic N) is 2. The smallest absolute Gasteiger partial charge is 0.284 e. The lowest BCUT2D eigenvalue weighted by Gasteiger charge is -2.17. The average molecular weight is 254 g/mol. The van der Waals surface area contributed by atoms with Gasteiger partial charge in [0.25, 0.3) is 5.91 Å². The highest BCUT2D eigenvalue weighted by Crippen LogP contribution is 2.16. The zero-order valence-electron chi connectivity index (χ0n) is 9.82. The minimum absolute atomic E-state index is 0.316. The standard InChI is InChI=1S/C11H18N4OS/c12-14-11(16)9-8-17-10(13-9)7-15-5-3-1-2-4-6-15/h8H,1-7,12H2,(H,14,16). The molecule has 1 fully saturated rings. The molecule has 94 valence electrons. The Balaban J connectivity index is 1.93. The van der Waals surface area contributed by atoms with Gasteiger partial charge in [-0.3, -0.25) is 15.1 Å². The normalized spacial score (nSPS) is 17.7. The van der Waals surface area contributed by atoms with Crippen molar-refractivity contribution in [3.8, 4) is 0 Å². The van der Waals surface area contributed by atoms with Crippen molar-refractivity contribution in [3.05, 3.63) is 16.1 Å². The van der Waals surface area contributed by atoms with Crippen molar-refractivity contribution in [2.45, 2.75) is 32.2 Å². The van der Waals surface area contributed by atoms with Gasteiger partial charge in [-0.25, -0.2) is 10.8 Å². The number of hydrogen-bond donors (Lipinski definition) is 2. The van der Waals surface area contributed by atoms with Crippen LogP contribution in [0.4, 0.5) is 0 Å².